The summed E-state index contributed by atoms with van der Waals surface area (Å²) in [4.78, 5) is 0. The van der Waals surface area contributed by atoms with E-state index >= 15 is 0 Å². The molecule has 0 fully saturated rings. The van der Waals surface area contributed by atoms with Crippen molar-refractivity contribution in [2.75, 3.05) is 0 Å². The Bertz CT molecular complexity index is 4010. The normalized spacial score (nSPS) is 15.5. The molecule has 0 aromatic heterocycles. The van der Waals surface area contributed by atoms with Gasteiger partial charge in [-0.05, 0) is 153 Å². The summed E-state index contributed by atoms with van der Waals surface area (Å²) in [5.74, 6) is 0. The van der Waals surface area contributed by atoms with Crippen molar-refractivity contribution in [2.45, 2.75) is 47.0 Å². The van der Waals surface area contributed by atoms with Crippen molar-refractivity contribution in [1.82, 2.24) is 0 Å². The highest BCUT2D eigenvalue weighted by molar-refractivity contribution is 7.11. The molecule has 0 unspecified atom stereocenters. The van der Waals surface area contributed by atoms with Crippen molar-refractivity contribution in [3.05, 3.63) is 329 Å². The zero-order valence-electron chi connectivity index (χ0n) is 46.7. The fraction of sp³-hybridized carbons (Fsp3) is 0.0909. The summed E-state index contributed by atoms with van der Waals surface area (Å²) in [6.07, 6.45) is 17.6. The third-order valence-electron chi connectivity index (χ3n) is 16.3. The third kappa shape index (κ3) is 9.67. The van der Waals surface area contributed by atoms with Crippen molar-refractivity contribution in [3.63, 3.8) is 0 Å². The highest BCUT2D eigenvalue weighted by Crippen LogP contribution is 2.56. The first-order chi connectivity index (χ1) is 38.6. The second-order valence-corrected chi connectivity index (χ2v) is 30.4. The SMILES string of the molecule is C=C/C=C\C=C(/C)C1=C(c2ccc(-c3c(-c4ccc(C5=C(c6ccccc6)C=C(c6ccccc6)[Si]5(C)C)cc4)c(-c4ccccc4)c4ccccc4c3-c3ccccc3)cc2)[Si](C)(C)C(C(/C=C\C)=C/C)=C1c1ccccc1. The molecule has 2 heteroatoms. The van der Waals surface area contributed by atoms with Gasteiger partial charge in [-0.3, -0.25) is 0 Å². The fourth-order valence-corrected chi connectivity index (χ4v) is 20.3. The Morgan fingerprint density at radius 1 is 0.405 bits per heavy atom. The molecular formula is C77H68Si2. The molecule has 0 atom stereocenters. The molecule has 384 valence electrons. The van der Waals surface area contributed by atoms with Crippen LogP contribution in [0.2, 0.25) is 26.2 Å². The van der Waals surface area contributed by atoms with Gasteiger partial charge in [0.05, 0.1) is 0 Å². The van der Waals surface area contributed by atoms with E-state index < -0.39 is 16.1 Å². The molecule has 0 aliphatic carbocycles. The summed E-state index contributed by atoms with van der Waals surface area (Å²) in [6, 6.07) is 83.7. The molecule has 0 N–H and O–H groups in total. The van der Waals surface area contributed by atoms with E-state index in [4.69, 9.17) is 0 Å². The summed E-state index contributed by atoms with van der Waals surface area (Å²) in [6.45, 7) is 20.8. The van der Waals surface area contributed by atoms with Crippen molar-refractivity contribution < 1.29 is 0 Å². The predicted molar refractivity (Wildman–Crippen MR) is 350 cm³/mol. The van der Waals surface area contributed by atoms with Crippen LogP contribution in [0, 0.1) is 0 Å². The van der Waals surface area contributed by atoms with Crippen LogP contribution < -0.4 is 0 Å². The standard InChI is InChI=1S/C77H68Si2/c1-9-12-18-32-54(4)69-74(60-41-27-17-28-42-60)76(55(11-3)31-10-2)79(7,8)77(69)64-51-47-62(48-52-64)73-71(59-39-25-16-26-40-59)66-44-30-29-43-65(66)70(58-37-23-15-24-38-58)72(73)61-45-49-63(50-46-61)75-67(56-33-19-13-20-34-56)53-68(78(75,5)6)57-35-21-14-22-36-57/h9-53H,1H2,2-8H3/b18-12-,31-10-,54-32+,55-11+. The Hall–Kier alpha value is -8.67. The highest BCUT2D eigenvalue weighted by atomic mass is 28.3. The lowest BCUT2D eigenvalue weighted by Gasteiger charge is -2.28. The summed E-state index contributed by atoms with van der Waals surface area (Å²) in [7, 11) is -4.63. The molecule has 9 aromatic carbocycles. The first-order valence-electron chi connectivity index (χ1n) is 27.9. The van der Waals surface area contributed by atoms with Gasteiger partial charge in [-0.15, -0.1) is 0 Å². The van der Waals surface area contributed by atoms with Gasteiger partial charge in [0.25, 0.3) is 0 Å². The van der Waals surface area contributed by atoms with Crippen LogP contribution in [-0.2, 0) is 0 Å². The van der Waals surface area contributed by atoms with Crippen LogP contribution in [0.5, 0.6) is 0 Å². The molecular weight excluding hydrogens is 981 g/mol. The maximum absolute atomic E-state index is 4.00. The number of benzene rings is 9. The Balaban J connectivity index is 1.17. The average molecular weight is 1050 g/mol. The van der Waals surface area contributed by atoms with Gasteiger partial charge >= 0.3 is 0 Å². The molecule has 0 nitrogen and oxygen atoms in total. The molecule has 0 amide bonds. The van der Waals surface area contributed by atoms with Crippen molar-refractivity contribution in [3.8, 4) is 44.5 Å². The Labute approximate surface area is 471 Å². The third-order valence-corrected chi connectivity index (χ3v) is 23.5. The molecule has 0 radical (unpaired) electrons. The first kappa shape index (κ1) is 52.4. The zero-order valence-corrected chi connectivity index (χ0v) is 48.7. The zero-order chi connectivity index (χ0) is 54.7. The molecule has 0 saturated carbocycles. The van der Waals surface area contributed by atoms with E-state index in [0.717, 1.165) is 0 Å². The van der Waals surface area contributed by atoms with E-state index in [2.05, 4.69) is 314 Å². The van der Waals surface area contributed by atoms with Crippen LogP contribution in [0.3, 0.4) is 0 Å². The van der Waals surface area contributed by atoms with Gasteiger partial charge in [-0.1, -0.05) is 306 Å². The molecule has 2 heterocycles. The quantitative estimate of drug-likeness (QED) is 0.0752. The lowest BCUT2D eigenvalue weighted by molar-refractivity contribution is 1.42. The van der Waals surface area contributed by atoms with E-state index in [0.29, 0.717) is 0 Å². The second kappa shape index (κ2) is 22.4. The number of rotatable bonds is 14. The topological polar surface area (TPSA) is 0 Å². The Kier molecular flexibility index (Phi) is 14.8. The molecule has 0 bridgehead atoms. The first-order valence-corrected chi connectivity index (χ1v) is 33.9. The summed E-state index contributed by atoms with van der Waals surface area (Å²) in [5.41, 5.74) is 22.6. The Morgan fingerprint density at radius 2 is 0.810 bits per heavy atom. The van der Waals surface area contributed by atoms with Crippen LogP contribution in [-0.4, -0.2) is 16.1 Å². The van der Waals surface area contributed by atoms with Crippen molar-refractivity contribution in [1.29, 1.82) is 0 Å². The lowest BCUT2D eigenvalue weighted by Crippen LogP contribution is -2.30. The van der Waals surface area contributed by atoms with E-state index in [1.807, 2.05) is 12.2 Å². The van der Waals surface area contributed by atoms with E-state index in [1.54, 1.807) is 0 Å². The van der Waals surface area contributed by atoms with Crippen LogP contribution >= 0.6 is 0 Å². The Morgan fingerprint density at radius 3 is 1.27 bits per heavy atom. The van der Waals surface area contributed by atoms with E-state index in [1.165, 1.54) is 132 Å². The maximum Gasteiger partial charge on any atom is 0.115 e. The minimum atomic E-state index is -2.42. The molecule has 2 aliphatic rings. The average Bonchev–Trinajstić information content (AvgIpc) is 4.13. The van der Waals surface area contributed by atoms with E-state index in [9.17, 15) is 0 Å². The maximum atomic E-state index is 4.00. The number of hydrogen-bond donors (Lipinski definition) is 0. The van der Waals surface area contributed by atoms with Gasteiger partial charge in [0.1, 0.15) is 16.1 Å². The van der Waals surface area contributed by atoms with E-state index in [-0.39, 0.29) is 0 Å². The van der Waals surface area contributed by atoms with Gasteiger partial charge in [0.15, 0.2) is 0 Å². The molecule has 0 saturated heterocycles. The molecule has 2 aliphatic heterocycles. The molecule has 0 spiro atoms. The lowest BCUT2D eigenvalue weighted by atomic mass is 9.78. The molecule has 11 rings (SSSR count). The smallest absolute Gasteiger partial charge is 0.0991 e. The van der Waals surface area contributed by atoms with Crippen LogP contribution in [0.4, 0.5) is 0 Å². The van der Waals surface area contributed by atoms with Gasteiger partial charge in [-0.2, -0.15) is 0 Å². The van der Waals surface area contributed by atoms with Crippen LogP contribution in [0.25, 0.3) is 82.0 Å². The van der Waals surface area contributed by atoms with Crippen LogP contribution in [0.1, 0.15) is 48.6 Å². The summed E-state index contributed by atoms with van der Waals surface area (Å²) < 4.78 is 0. The largest absolute Gasteiger partial charge is 0.115 e. The van der Waals surface area contributed by atoms with Gasteiger partial charge in [-0.25, -0.2) is 0 Å². The van der Waals surface area contributed by atoms with Crippen LogP contribution in [0.15, 0.2) is 302 Å². The minimum absolute atomic E-state index is 1.18. The molecule has 79 heavy (non-hydrogen) atoms. The summed E-state index contributed by atoms with van der Waals surface area (Å²) >= 11 is 0. The van der Waals surface area contributed by atoms with Crippen molar-refractivity contribution in [2.24, 2.45) is 0 Å². The number of allylic oxidation sites excluding steroid dienone is 14. The highest BCUT2D eigenvalue weighted by Gasteiger charge is 2.44. The molecule has 9 aromatic rings. The fourth-order valence-electron chi connectivity index (χ4n) is 12.9. The van der Waals surface area contributed by atoms with Gasteiger partial charge < -0.3 is 0 Å². The number of hydrogen-bond acceptors (Lipinski definition) is 0. The predicted octanol–water partition coefficient (Wildman–Crippen LogP) is 21.5. The summed E-state index contributed by atoms with van der Waals surface area (Å²) in [5, 5.41) is 8.32. The van der Waals surface area contributed by atoms with Gasteiger partial charge in [0.2, 0.25) is 0 Å². The number of fused-ring (bicyclic) bond motifs is 1. The second-order valence-electron chi connectivity index (χ2n) is 21.8. The minimum Gasteiger partial charge on any atom is -0.0991 e. The van der Waals surface area contributed by atoms with Crippen molar-refractivity contribution >= 4 is 53.7 Å². The van der Waals surface area contributed by atoms with Gasteiger partial charge in [0, 0.05) is 0 Å². The monoisotopic (exact) mass is 1050 g/mol.